The number of hydrogen-bond acceptors (Lipinski definition) is 5. The van der Waals surface area contributed by atoms with E-state index in [0.717, 1.165) is 0 Å². The summed E-state index contributed by atoms with van der Waals surface area (Å²) in [4.78, 5) is 11.8. The molecule has 0 aliphatic rings. The third-order valence-electron chi connectivity index (χ3n) is 3.09. The molecule has 2 rings (SSSR count). The van der Waals surface area contributed by atoms with Gasteiger partial charge in [-0.25, -0.2) is 5.43 Å². The zero-order valence-corrected chi connectivity index (χ0v) is 14.7. The SMILES string of the molecule is CCOc1ccc(Cl)cc1/C=N/NC(=O)COc1ccccc1OC. The fourth-order valence-electron chi connectivity index (χ4n) is 1.99. The van der Waals surface area contributed by atoms with Gasteiger partial charge in [0.25, 0.3) is 5.91 Å². The molecule has 25 heavy (non-hydrogen) atoms. The second-order valence-corrected chi connectivity index (χ2v) is 5.28. The van der Waals surface area contributed by atoms with Crippen molar-refractivity contribution in [2.24, 2.45) is 5.10 Å². The summed E-state index contributed by atoms with van der Waals surface area (Å²) in [6.45, 7) is 2.21. The number of benzene rings is 2. The van der Waals surface area contributed by atoms with Gasteiger partial charge in [-0.1, -0.05) is 23.7 Å². The first kappa shape index (κ1) is 18.6. The maximum atomic E-state index is 11.8. The Labute approximate surface area is 151 Å². The lowest BCUT2D eigenvalue weighted by molar-refractivity contribution is -0.123. The number of nitrogens with one attached hydrogen (secondary N) is 1. The van der Waals surface area contributed by atoms with Gasteiger partial charge in [-0.3, -0.25) is 4.79 Å². The van der Waals surface area contributed by atoms with E-state index in [1.54, 1.807) is 36.4 Å². The number of halogens is 1. The molecule has 0 saturated carbocycles. The van der Waals surface area contributed by atoms with E-state index in [2.05, 4.69) is 10.5 Å². The minimum absolute atomic E-state index is 0.189. The van der Waals surface area contributed by atoms with E-state index in [1.165, 1.54) is 13.3 Å². The summed E-state index contributed by atoms with van der Waals surface area (Å²) in [6, 6.07) is 12.3. The molecule has 0 heterocycles. The Morgan fingerprint density at radius 1 is 1.16 bits per heavy atom. The van der Waals surface area contributed by atoms with Crippen LogP contribution >= 0.6 is 11.6 Å². The Bertz CT molecular complexity index is 750. The summed E-state index contributed by atoms with van der Waals surface area (Å²) in [5.41, 5.74) is 3.06. The summed E-state index contributed by atoms with van der Waals surface area (Å²) < 4.78 is 16.0. The molecule has 2 aromatic carbocycles. The largest absolute Gasteiger partial charge is 0.493 e. The molecule has 0 unspecified atom stereocenters. The van der Waals surface area contributed by atoms with Crippen LogP contribution in [0.2, 0.25) is 5.02 Å². The first-order valence-corrected chi connectivity index (χ1v) is 8.02. The van der Waals surface area contributed by atoms with Gasteiger partial charge < -0.3 is 14.2 Å². The van der Waals surface area contributed by atoms with Gasteiger partial charge in [0.2, 0.25) is 0 Å². The second kappa shape index (κ2) is 9.54. The van der Waals surface area contributed by atoms with E-state index in [1.807, 2.05) is 13.0 Å². The number of ether oxygens (including phenoxy) is 3. The number of para-hydroxylation sites is 2. The minimum Gasteiger partial charge on any atom is -0.493 e. The molecule has 0 atom stereocenters. The van der Waals surface area contributed by atoms with Crippen LogP contribution in [0.3, 0.4) is 0 Å². The molecular formula is C18H19ClN2O4. The third-order valence-corrected chi connectivity index (χ3v) is 3.33. The second-order valence-electron chi connectivity index (χ2n) is 4.85. The molecular weight excluding hydrogens is 344 g/mol. The molecule has 2 aromatic rings. The molecule has 0 radical (unpaired) electrons. The topological polar surface area (TPSA) is 69.2 Å². The number of hydrazone groups is 1. The van der Waals surface area contributed by atoms with Crippen LogP contribution in [0.1, 0.15) is 12.5 Å². The number of carbonyl (C=O) groups is 1. The molecule has 132 valence electrons. The van der Waals surface area contributed by atoms with Gasteiger partial charge in [0.05, 0.1) is 19.9 Å². The van der Waals surface area contributed by atoms with Gasteiger partial charge in [0, 0.05) is 10.6 Å². The summed E-state index contributed by atoms with van der Waals surface area (Å²) in [5, 5.41) is 4.46. The average molecular weight is 363 g/mol. The van der Waals surface area contributed by atoms with Gasteiger partial charge in [-0.2, -0.15) is 5.10 Å². The molecule has 7 heteroatoms. The number of hydrogen-bond donors (Lipinski definition) is 1. The Hall–Kier alpha value is -2.73. The number of rotatable bonds is 8. The van der Waals surface area contributed by atoms with Crippen LogP contribution in [-0.2, 0) is 4.79 Å². The summed E-state index contributed by atoms with van der Waals surface area (Å²) in [7, 11) is 1.54. The Morgan fingerprint density at radius 3 is 2.64 bits per heavy atom. The Kier molecular flexibility index (Phi) is 7.10. The molecule has 6 nitrogen and oxygen atoms in total. The van der Waals surface area contributed by atoms with Crippen LogP contribution in [0.5, 0.6) is 17.2 Å². The lowest BCUT2D eigenvalue weighted by atomic mass is 10.2. The van der Waals surface area contributed by atoms with Gasteiger partial charge >= 0.3 is 0 Å². The van der Waals surface area contributed by atoms with E-state index < -0.39 is 5.91 Å². The van der Waals surface area contributed by atoms with Crippen LogP contribution in [0.4, 0.5) is 0 Å². The van der Waals surface area contributed by atoms with E-state index in [0.29, 0.717) is 34.4 Å². The van der Waals surface area contributed by atoms with Crippen LogP contribution in [0.25, 0.3) is 0 Å². The highest BCUT2D eigenvalue weighted by molar-refractivity contribution is 6.30. The van der Waals surface area contributed by atoms with Crippen molar-refractivity contribution < 1.29 is 19.0 Å². The van der Waals surface area contributed by atoms with Crippen molar-refractivity contribution in [3.63, 3.8) is 0 Å². The Morgan fingerprint density at radius 2 is 1.92 bits per heavy atom. The highest BCUT2D eigenvalue weighted by Crippen LogP contribution is 2.25. The molecule has 1 N–H and O–H groups in total. The molecule has 0 fully saturated rings. The first-order chi connectivity index (χ1) is 12.1. The van der Waals surface area contributed by atoms with Crippen molar-refractivity contribution in [2.75, 3.05) is 20.3 Å². The number of carbonyl (C=O) groups excluding carboxylic acids is 1. The number of nitrogens with zero attached hydrogens (tertiary/aromatic N) is 1. The van der Waals surface area contributed by atoms with E-state index in [9.17, 15) is 4.79 Å². The van der Waals surface area contributed by atoms with Crippen LogP contribution < -0.4 is 19.6 Å². The van der Waals surface area contributed by atoms with Gasteiger partial charge in [-0.05, 0) is 37.3 Å². The Balaban J connectivity index is 1.91. The van der Waals surface area contributed by atoms with Crippen LogP contribution in [0.15, 0.2) is 47.6 Å². The fourth-order valence-corrected chi connectivity index (χ4v) is 2.18. The lowest BCUT2D eigenvalue weighted by Crippen LogP contribution is -2.24. The van der Waals surface area contributed by atoms with E-state index in [4.69, 9.17) is 25.8 Å². The van der Waals surface area contributed by atoms with Crippen molar-refractivity contribution in [3.8, 4) is 17.2 Å². The predicted molar refractivity (Wildman–Crippen MR) is 96.8 cm³/mol. The monoisotopic (exact) mass is 362 g/mol. The normalized spacial score (nSPS) is 10.5. The van der Waals surface area contributed by atoms with Crippen molar-refractivity contribution in [3.05, 3.63) is 53.1 Å². The van der Waals surface area contributed by atoms with Crippen LogP contribution in [0, 0.1) is 0 Å². The third kappa shape index (κ3) is 5.69. The number of methoxy groups -OCH3 is 1. The molecule has 1 amide bonds. The molecule has 0 aromatic heterocycles. The zero-order valence-electron chi connectivity index (χ0n) is 14.0. The quantitative estimate of drug-likeness (QED) is 0.578. The molecule has 0 spiro atoms. The lowest BCUT2D eigenvalue weighted by Gasteiger charge is -2.09. The highest BCUT2D eigenvalue weighted by atomic mass is 35.5. The molecule has 0 saturated heterocycles. The standard InChI is InChI=1S/C18H19ClN2O4/c1-3-24-15-9-8-14(19)10-13(15)11-20-21-18(22)12-25-17-7-5-4-6-16(17)23-2/h4-11H,3,12H2,1-2H3,(H,21,22)/b20-11+. The smallest absolute Gasteiger partial charge is 0.277 e. The van der Waals surface area contributed by atoms with E-state index in [-0.39, 0.29) is 6.61 Å². The average Bonchev–Trinajstić information content (AvgIpc) is 2.62. The summed E-state index contributed by atoms with van der Waals surface area (Å²) in [6.07, 6.45) is 1.47. The van der Waals surface area contributed by atoms with E-state index >= 15 is 0 Å². The highest BCUT2D eigenvalue weighted by Gasteiger charge is 2.06. The van der Waals surface area contributed by atoms with Gasteiger partial charge in [-0.15, -0.1) is 0 Å². The molecule has 0 bridgehead atoms. The zero-order chi connectivity index (χ0) is 18.1. The maximum Gasteiger partial charge on any atom is 0.277 e. The fraction of sp³-hybridized carbons (Fsp3) is 0.222. The molecule has 0 aliphatic heterocycles. The van der Waals surface area contributed by atoms with Crippen molar-refractivity contribution in [2.45, 2.75) is 6.92 Å². The summed E-state index contributed by atoms with van der Waals surface area (Å²) >= 11 is 5.97. The predicted octanol–water partition coefficient (Wildman–Crippen LogP) is 3.28. The van der Waals surface area contributed by atoms with Gasteiger partial charge in [0.15, 0.2) is 18.1 Å². The molecule has 0 aliphatic carbocycles. The first-order valence-electron chi connectivity index (χ1n) is 7.64. The van der Waals surface area contributed by atoms with Crippen molar-refractivity contribution >= 4 is 23.7 Å². The van der Waals surface area contributed by atoms with Crippen molar-refractivity contribution in [1.82, 2.24) is 5.43 Å². The minimum atomic E-state index is -0.401. The summed E-state index contributed by atoms with van der Waals surface area (Å²) in [5.74, 6) is 1.27. The van der Waals surface area contributed by atoms with Gasteiger partial charge in [0.1, 0.15) is 5.75 Å². The maximum absolute atomic E-state index is 11.8. The van der Waals surface area contributed by atoms with Crippen LogP contribution in [-0.4, -0.2) is 32.4 Å². The number of amides is 1. The van der Waals surface area contributed by atoms with Crippen molar-refractivity contribution in [1.29, 1.82) is 0 Å².